The second kappa shape index (κ2) is 7.90. The first-order chi connectivity index (χ1) is 14.3. The van der Waals surface area contributed by atoms with Gasteiger partial charge < -0.3 is 15.7 Å². The number of piperidine rings is 2. The van der Waals surface area contributed by atoms with Gasteiger partial charge >= 0.3 is 0 Å². The summed E-state index contributed by atoms with van der Waals surface area (Å²) in [6.45, 7) is 3.72. The number of nitrogens with zero attached hydrogens (tertiary/aromatic N) is 1. The van der Waals surface area contributed by atoms with E-state index in [0.717, 1.165) is 18.0 Å². The first-order valence-electron chi connectivity index (χ1n) is 10.3. The highest BCUT2D eigenvalue weighted by Gasteiger charge is 2.45. The van der Waals surface area contributed by atoms with Crippen molar-refractivity contribution < 1.29 is 24.3 Å². The van der Waals surface area contributed by atoms with Crippen LogP contribution < -0.4 is 16.0 Å². The van der Waals surface area contributed by atoms with Crippen LogP contribution in [0, 0.1) is 0 Å². The number of aliphatic hydroxyl groups is 1. The lowest BCUT2D eigenvalue weighted by atomic mass is 9.85. The number of nitrogens with one attached hydrogen (secondary N) is 3. The Balaban J connectivity index is 1.53. The quantitative estimate of drug-likeness (QED) is 0.486. The van der Waals surface area contributed by atoms with Gasteiger partial charge in [-0.2, -0.15) is 0 Å². The Morgan fingerprint density at radius 1 is 1.20 bits per heavy atom. The van der Waals surface area contributed by atoms with Crippen LogP contribution in [0.25, 0.3) is 0 Å². The first-order valence-corrected chi connectivity index (χ1v) is 10.3. The van der Waals surface area contributed by atoms with E-state index >= 15 is 0 Å². The standard InChI is InChI=1S/C21H26N4O5/c1-12(21(30)7-9-22-10-8-21)23-11-13-3-2-4-14-17(13)20(29)25(19(14)28)15-5-6-16(26)24-18(15)27/h2-4,12,15,22-23,30H,5-11H2,1H3,(H,24,26,27). The molecule has 160 valence electrons. The molecule has 0 aliphatic carbocycles. The number of hydrogen-bond acceptors (Lipinski definition) is 7. The highest BCUT2D eigenvalue weighted by atomic mass is 16.3. The van der Waals surface area contributed by atoms with Gasteiger partial charge in [0.15, 0.2) is 0 Å². The van der Waals surface area contributed by atoms with Gasteiger partial charge in [-0.05, 0) is 50.9 Å². The van der Waals surface area contributed by atoms with Crippen molar-refractivity contribution in [1.82, 2.24) is 20.9 Å². The number of rotatable bonds is 5. The number of amides is 4. The van der Waals surface area contributed by atoms with E-state index in [9.17, 15) is 24.3 Å². The van der Waals surface area contributed by atoms with Crippen molar-refractivity contribution in [2.45, 2.75) is 56.8 Å². The van der Waals surface area contributed by atoms with Gasteiger partial charge in [-0.1, -0.05) is 12.1 Å². The molecule has 0 bridgehead atoms. The summed E-state index contributed by atoms with van der Waals surface area (Å²) < 4.78 is 0. The molecule has 1 aromatic rings. The summed E-state index contributed by atoms with van der Waals surface area (Å²) in [4.78, 5) is 50.6. The van der Waals surface area contributed by atoms with Gasteiger partial charge in [0.05, 0.1) is 16.7 Å². The van der Waals surface area contributed by atoms with Crippen molar-refractivity contribution in [3.63, 3.8) is 0 Å². The van der Waals surface area contributed by atoms with E-state index < -0.39 is 35.3 Å². The second-order valence-corrected chi connectivity index (χ2v) is 8.24. The predicted molar refractivity (Wildman–Crippen MR) is 106 cm³/mol. The zero-order valence-electron chi connectivity index (χ0n) is 16.9. The number of benzene rings is 1. The summed E-state index contributed by atoms with van der Waals surface area (Å²) in [7, 11) is 0. The van der Waals surface area contributed by atoms with E-state index in [4.69, 9.17) is 0 Å². The predicted octanol–water partition coefficient (Wildman–Crippen LogP) is -0.320. The maximum Gasteiger partial charge on any atom is 0.262 e. The van der Waals surface area contributed by atoms with E-state index in [2.05, 4.69) is 16.0 Å². The first kappa shape index (κ1) is 20.6. The van der Waals surface area contributed by atoms with Gasteiger partial charge in [-0.25, -0.2) is 0 Å². The summed E-state index contributed by atoms with van der Waals surface area (Å²) in [6.07, 6.45) is 1.48. The zero-order chi connectivity index (χ0) is 21.5. The third kappa shape index (κ3) is 3.53. The number of imide groups is 2. The van der Waals surface area contributed by atoms with E-state index in [1.54, 1.807) is 18.2 Å². The van der Waals surface area contributed by atoms with E-state index in [0.29, 0.717) is 24.9 Å². The van der Waals surface area contributed by atoms with Gasteiger partial charge in [0.2, 0.25) is 11.8 Å². The van der Waals surface area contributed by atoms with Crippen LogP contribution in [0.15, 0.2) is 18.2 Å². The van der Waals surface area contributed by atoms with Crippen LogP contribution >= 0.6 is 0 Å². The van der Waals surface area contributed by atoms with Crippen LogP contribution in [0.5, 0.6) is 0 Å². The lowest BCUT2D eigenvalue weighted by Crippen LogP contribution is -2.54. The van der Waals surface area contributed by atoms with Crippen molar-refractivity contribution in [3.05, 3.63) is 34.9 Å². The smallest absolute Gasteiger partial charge is 0.262 e. The molecule has 2 atom stereocenters. The van der Waals surface area contributed by atoms with Gasteiger partial charge in [0, 0.05) is 19.0 Å². The van der Waals surface area contributed by atoms with Crippen LogP contribution in [0.2, 0.25) is 0 Å². The average molecular weight is 414 g/mol. The molecule has 9 heteroatoms. The molecule has 4 amide bonds. The van der Waals surface area contributed by atoms with E-state index in [-0.39, 0.29) is 30.0 Å². The minimum atomic E-state index is -0.981. The summed E-state index contributed by atoms with van der Waals surface area (Å²) in [6, 6.07) is 3.87. The Kier molecular flexibility index (Phi) is 5.44. The normalized spacial score (nSPS) is 24.6. The second-order valence-electron chi connectivity index (χ2n) is 8.24. The van der Waals surface area contributed by atoms with Crippen LogP contribution in [-0.2, 0) is 16.1 Å². The van der Waals surface area contributed by atoms with Crippen LogP contribution in [0.4, 0.5) is 0 Å². The largest absolute Gasteiger partial charge is 0.388 e. The van der Waals surface area contributed by atoms with Crippen molar-refractivity contribution in [2.24, 2.45) is 0 Å². The van der Waals surface area contributed by atoms with E-state index in [1.807, 2.05) is 6.92 Å². The molecule has 4 N–H and O–H groups in total. The van der Waals surface area contributed by atoms with Gasteiger partial charge in [0.25, 0.3) is 11.8 Å². The monoisotopic (exact) mass is 414 g/mol. The minimum Gasteiger partial charge on any atom is -0.388 e. The highest BCUT2D eigenvalue weighted by Crippen LogP contribution is 2.30. The highest BCUT2D eigenvalue weighted by molar-refractivity contribution is 6.24. The minimum absolute atomic E-state index is 0.0865. The van der Waals surface area contributed by atoms with Crippen LogP contribution in [0.1, 0.15) is 58.9 Å². The molecular weight excluding hydrogens is 388 g/mol. The molecule has 30 heavy (non-hydrogen) atoms. The molecule has 2 saturated heterocycles. The van der Waals surface area contributed by atoms with Gasteiger partial charge in [0.1, 0.15) is 6.04 Å². The molecule has 2 fully saturated rings. The number of hydrogen-bond donors (Lipinski definition) is 4. The molecule has 0 radical (unpaired) electrons. The van der Waals surface area contributed by atoms with Crippen molar-refractivity contribution in [1.29, 1.82) is 0 Å². The van der Waals surface area contributed by atoms with Gasteiger partial charge in [-0.15, -0.1) is 0 Å². The van der Waals surface area contributed by atoms with Crippen molar-refractivity contribution >= 4 is 23.6 Å². The fourth-order valence-corrected chi connectivity index (χ4v) is 4.48. The van der Waals surface area contributed by atoms with Gasteiger partial charge in [-0.3, -0.25) is 29.4 Å². The Morgan fingerprint density at radius 2 is 1.93 bits per heavy atom. The summed E-state index contributed by atoms with van der Waals surface area (Å²) in [5.74, 6) is -2.06. The SMILES string of the molecule is CC(NCc1cccc2c1C(=O)N(C1CCC(=O)NC1=O)C2=O)C1(O)CCNCC1. The number of carbonyl (C=O) groups is 4. The molecule has 0 spiro atoms. The number of fused-ring (bicyclic) bond motifs is 1. The van der Waals surface area contributed by atoms with Crippen LogP contribution in [0.3, 0.4) is 0 Å². The molecule has 9 nitrogen and oxygen atoms in total. The van der Waals surface area contributed by atoms with Crippen LogP contribution in [-0.4, -0.2) is 64.4 Å². The third-order valence-electron chi connectivity index (χ3n) is 6.43. The molecule has 0 aromatic heterocycles. The molecule has 1 aromatic carbocycles. The fraction of sp³-hybridized carbons (Fsp3) is 0.524. The van der Waals surface area contributed by atoms with E-state index in [1.165, 1.54) is 0 Å². The zero-order valence-corrected chi connectivity index (χ0v) is 16.9. The Hall–Kier alpha value is -2.62. The molecule has 3 aliphatic rings. The summed E-state index contributed by atoms with van der Waals surface area (Å²) in [5.41, 5.74) is 0.355. The topological polar surface area (TPSA) is 128 Å². The average Bonchev–Trinajstić information content (AvgIpc) is 2.98. The fourth-order valence-electron chi connectivity index (χ4n) is 4.48. The van der Waals surface area contributed by atoms with Crippen molar-refractivity contribution in [2.75, 3.05) is 13.1 Å². The third-order valence-corrected chi connectivity index (χ3v) is 6.43. The Labute approximate surface area is 174 Å². The summed E-state index contributed by atoms with van der Waals surface area (Å²) in [5, 5.41) is 19.6. The molecule has 4 rings (SSSR count). The Morgan fingerprint density at radius 3 is 2.63 bits per heavy atom. The van der Waals surface area contributed by atoms with Crippen molar-refractivity contribution in [3.8, 4) is 0 Å². The summed E-state index contributed by atoms with van der Waals surface area (Å²) >= 11 is 0. The molecule has 3 aliphatic heterocycles. The molecular formula is C21H26N4O5. The Bertz CT molecular complexity index is 909. The lowest BCUT2D eigenvalue weighted by molar-refractivity contribution is -0.136. The maximum atomic E-state index is 13.1. The number of carbonyl (C=O) groups excluding carboxylic acids is 4. The molecule has 0 saturated carbocycles. The maximum absolute atomic E-state index is 13.1. The molecule has 2 unspecified atom stereocenters. The molecule has 3 heterocycles. The lowest BCUT2D eigenvalue weighted by Gasteiger charge is -2.38.